The highest BCUT2D eigenvalue weighted by atomic mass is 35.5. The smallest absolute Gasteiger partial charge is 0.372 e. The summed E-state index contributed by atoms with van der Waals surface area (Å²) in [7, 11) is 0. The van der Waals surface area contributed by atoms with Crippen molar-refractivity contribution in [2.24, 2.45) is 4.99 Å². The number of hydrogen-bond donors (Lipinski definition) is 0. The number of halogens is 2. The Labute approximate surface area is 117 Å². The highest BCUT2D eigenvalue weighted by Gasteiger charge is 2.26. The van der Waals surface area contributed by atoms with E-state index >= 15 is 0 Å². The molecule has 0 aromatic heterocycles. The zero-order valence-corrected chi connectivity index (χ0v) is 11.4. The third-order valence-corrected chi connectivity index (χ3v) is 3.48. The Balaban J connectivity index is 2.17. The predicted molar refractivity (Wildman–Crippen MR) is 71.5 cm³/mol. The molecule has 2 rings (SSSR count). The highest BCUT2D eigenvalue weighted by Crippen LogP contribution is 2.35. The maximum absolute atomic E-state index is 13.4. The molecule has 1 aliphatic carbocycles. The molecule has 7 heteroatoms. The lowest BCUT2D eigenvalue weighted by atomic mass is 10.3. The van der Waals surface area contributed by atoms with Gasteiger partial charge >= 0.3 is 5.30 Å². The van der Waals surface area contributed by atoms with Crippen LogP contribution in [-0.4, -0.2) is 16.6 Å². The lowest BCUT2D eigenvalue weighted by molar-refractivity contribution is 0.168. The standard InChI is InChI=1S/C11H7ClFNO2S2/c12-7-3-8(13)9(14-5-17)4-10(7)18-11(15)16-6-1-2-6/h3-4,6H,1-2H2. The number of ether oxygens (including phenoxy) is 1. The number of hydrogen-bond acceptors (Lipinski definition) is 5. The van der Waals surface area contributed by atoms with Gasteiger partial charge in [0.15, 0.2) is 5.82 Å². The van der Waals surface area contributed by atoms with E-state index in [9.17, 15) is 9.18 Å². The lowest BCUT2D eigenvalue weighted by Gasteiger charge is -2.05. The van der Waals surface area contributed by atoms with Crippen molar-refractivity contribution in [2.75, 3.05) is 0 Å². The summed E-state index contributed by atoms with van der Waals surface area (Å²) >= 11 is 11.1. The summed E-state index contributed by atoms with van der Waals surface area (Å²) in [5.74, 6) is -0.614. The first-order chi connectivity index (χ1) is 8.60. The number of carbonyl (C=O) groups excluding carboxylic acids is 1. The van der Waals surface area contributed by atoms with Crippen LogP contribution in [0.2, 0.25) is 5.02 Å². The molecule has 0 N–H and O–H groups in total. The average molecular weight is 304 g/mol. The van der Waals surface area contributed by atoms with E-state index in [0.29, 0.717) is 4.90 Å². The topological polar surface area (TPSA) is 38.7 Å². The lowest BCUT2D eigenvalue weighted by Crippen LogP contribution is -1.99. The molecular formula is C11H7ClFNO2S2. The van der Waals surface area contributed by atoms with E-state index in [1.165, 1.54) is 6.07 Å². The van der Waals surface area contributed by atoms with Crippen LogP contribution < -0.4 is 0 Å². The Morgan fingerprint density at radius 2 is 2.33 bits per heavy atom. The Bertz CT molecular complexity index is 542. The zero-order chi connectivity index (χ0) is 13.1. The molecule has 0 aliphatic heterocycles. The number of thioether (sulfide) groups is 1. The van der Waals surface area contributed by atoms with Gasteiger partial charge in [0.2, 0.25) is 0 Å². The molecule has 0 unspecified atom stereocenters. The van der Waals surface area contributed by atoms with Crippen LogP contribution in [0.15, 0.2) is 22.0 Å². The Morgan fingerprint density at radius 1 is 1.61 bits per heavy atom. The first kappa shape index (κ1) is 13.5. The molecule has 0 radical (unpaired) electrons. The SMILES string of the molecule is O=C(OC1CC1)Sc1cc(N=C=S)c(F)cc1Cl. The molecule has 18 heavy (non-hydrogen) atoms. The van der Waals surface area contributed by atoms with Crippen molar-refractivity contribution >= 4 is 51.7 Å². The van der Waals surface area contributed by atoms with Crippen LogP contribution in [0.4, 0.5) is 14.9 Å². The van der Waals surface area contributed by atoms with E-state index < -0.39 is 11.1 Å². The minimum atomic E-state index is -0.614. The fraction of sp³-hybridized carbons (Fsp3) is 0.273. The van der Waals surface area contributed by atoms with E-state index in [4.69, 9.17) is 16.3 Å². The fourth-order valence-corrected chi connectivity index (χ4v) is 2.22. The van der Waals surface area contributed by atoms with Crippen LogP contribution in [0, 0.1) is 5.82 Å². The van der Waals surface area contributed by atoms with E-state index in [2.05, 4.69) is 22.4 Å². The monoisotopic (exact) mass is 303 g/mol. The molecule has 3 nitrogen and oxygen atoms in total. The van der Waals surface area contributed by atoms with Crippen molar-refractivity contribution < 1.29 is 13.9 Å². The van der Waals surface area contributed by atoms with Gasteiger partial charge in [0, 0.05) is 4.90 Å². The van der Waals surface area contributed by atoms with E-state index in [1.54, 1.807) is 0 Å². The summed E-state index contributed by atoms with van der Waals surface area (Å²) in [6.45, 7) is 0. The van der Waals surface area contributed by atoms with Crippen LogP contribution in [-0.2, 0) is 4.74 Å². The minimum absolute atomic E-state index is 0.00359. The van der Waals surface area contributed by atoms with E-state index in [0.717, 1.165) is 30.7 Å². The van der Waals surface area contributed by atoms with Crippen LogP contribution in [0.25, 0.3) is 0 Å². The van der Waals surface area contributed by atoms with Crippen molar-refractivity contribution in [3.05, 3.63) is 23.0 Å². The first-order valence-corrected chi connectivity index (χ1v) is 6.66. The van der Waals surface area contributed by atoms with Gasteiger partial charge in [-0.05, 0) is 49.0 Å². The highest BCUT2D eigenvalue weighted by molar-refractivity contribution is 8.13. The van der Waals surface area contributed by atoms with Gasteiger partial charge in [-0.3, -0.25) is 0 Å². The Morgan fingerprint density at radius 3 is 2.94 bits per heavy atom. The summed E-state index contributed by atoms with van der Waals surface area (Å²) in [6.07, 6.45) is 1.80. The van der Waals surface area contributed by atoms with Crippen LogP contribution in [0.1, 0.15) is 12.8 Å². The first-order valence-electron chi connectivity index (χ1n) is 5.05. The average Bonchev–Trinajstić information content (AvgIpc) is 3.09. The molecule has 0 amide bonds. The quantitative estimate of drug-likeness (QED) is 0.354. The van der Waals surface area contributed by atoms with Crippen LogP contribution in [0.5, 0.6) is 0 Å². The molecule has 0 atom stereocenters. The van der Waals surface area contributed by atoms with Crippen LogP contribution in [0.3, 0.4) is 0 Å². The van der Waals surface area contributed by atoms with Crippen molar-refractivity contribution in [3.63, 3.8) is 0 Å². The molecule has 0 heterocycles. The Hall–Kier alpha value is -0.940. The summed E-state index contributed by atoms with van der Waals surface area (Å²) in [5, 5.41) is 1.74. The van der Waals surface area contributed by atoms with E-state index in [1.807, 2.05) is 0 Å². The number of rotatable bonds is 3. The van der Waals surface area contributed by atoms with Crippen molar-refractivity contribution in [1.29, 1.82) is 0 Å². The fourth-order valence-electron chi connectivity index (χ4n) is 1.17. The number of nitrogens with zero attached hydrogens (tertiary/aromatic N) is 1. The Kier molecular flexibility index (Phi) is 4.35. The van der Waals surface area contributed by atoms with Crippen molar-refractivity contribution in [3.8, 4) is 0 Å². The zero-order valence-electron chi connectivity index (χ0n) is 8.98. The van der Waals surface area contributed by atoms with Gasteiger partial charge in [-0.15, -0.1) is 0 Å². The van der Waals surface area contributed by atoms with Gasteiger partial charge in [0.05, 0.1) is 10.2 Å². The maximum atomic E-state index is 13.4. The molecular weight excluding hydrogens is 297 g/mol. The molecule has 1 aromatic carbocycles. The number of benzene rings is 1. The number of carbonyl (C=O) groups is 1. The molecule has 1 aliphatic rings. The molecule has 0 bridgehead atoms. The summed E-state index contributed by atoms with van der Waals surface area (Å²) in [4.78, 5) is 15.4. The van der Waals surface area contributed by atoms with Gasteiger partial charge in [0.25, 0.3) is 0 Å². The summed E-state index contributed by atoms with van der Waals surface area (Å²) in [6, 6.07) is 2.43. The third kappa shape index (κ3) is 3.53. The normalized spacial score (nSPS) is 13.9. The summed E-state index contributed by atoms with van der Waals surface area (Å²) in [5.41, 5.74) is -0.00359. The second-order valence-electron chi connectivity index (χ2n) is 3.61. The minimum Gasteiger partial charge on any atom is -0.454 e. The van der Waals surface area contributed by atoms with E-state index in [-0.39, 0.29) is 16.8 Å². The third-order valence-electron chi connectivity index (χ3n) is 2.15. The van der Waals surface area contributed by atoms with Crippen molar-refractivity contribution in [1.82, 2.24) is 0 Å². The molecule has 94 valence electrons. The van der Waals surface area contributed by atoms with Gasteiger partial charge in [-0.2, -0.15) is 4.99 Å². The number of aliphatic imine (C=N–C) groups is 1. The van der Waals surface area contributed by atoms with Gasteiger partial charge in [-0.1, -0.05) is 11.6 Å². The number of thiocarbonyl (C=S) groups is 1. The van der Waals surface area contributed by atoms with Gasteiger partial charge < -0.3 is 4.74 Å². The predicted octanol–water partition coefficient (Wildman–Crippen LogP) is 4.60. The second-order valence-corrected chi connectivity index (χ2v) is 5.17. The molecule has 1 saturated carbocycles. The largest absolute Gasteiger partial charge is 0.454 e. The van der Waals surface area contributed by atoms with Gasteiger partial charge in [0.1, 0.15) is 11.8 Å². The van der Waals surface area contributed by atoms with Crippen molar-refractivity contribution in [2.45, 2.75) is 23.8 Å². The molecule has 1 fully saturated rings. The van der Waals surface area contributed by atoms with Crippen LogP contribution >= 0.6 is 35.6 Å². The molecule has 1 aromatic rings. The maximum Gasteiger partial charge on any atom is 0.372 e. The summed E-state index contributed by atoms with van der Waals surface area (Å²) < 4.78 is 18.4. The molecule has 0 spiro atoms. The second kappa shape index (κ2) is 5.80. The van der Waals surface area contributed by atoms with Gasteiger partial charge in [-0.25, -0.2) is 9.18 Å². The number of isothiocyanates is 1. The molecule has 0 saturated heterocycles.